The third kappa shape index (κ3) is 4.84. The number of likely N-dealkylation sites (tertiary alicyclic amines) is 1. The number of hydrogen-bond acceptors (Lipinski definition) is 3. The fraction of sp³-hybridized carbons (Fsp3) is 0.625. The number of unbranched alkanes of at least 4 members (excludes halogenated alkanes) is 1. The summed E-state index contributed by atoms with van der Waals surface area (Å²) in [5, 5.41) is 0. The molecule has 0 unspecified atom stereocenters. The predicted molar refractivity (Wildman–Crippen MR) is 79.3 cm³/mol. The molecule has 1 heterocycles. The van der Waals surface area contributed by atoms with Gasteiger partial charge in [0.05, 0.1) is 6.61 Å². The number of nitrogens with zero attached hydrogens (tertiary/aromatic N) is 1. The monoisotopic (exact) mass is 262 g/mol. The molecule has 1 fully saturated rings. The molecule has 0 bridgehead atoms. The molecule has 2 N–H and O–H groups in total. The molecule has 3 heteroatoms. The average Bonchev–Trinajstić information content (AvgIpc) is 2.42. The molecule has 0 spiro atoms. The van der Waals surface area contributed by atoms with E-state index in [1.165, 1.54) is 12.0 Å². The summed E-state index contributed by atoms with van der Waals surface area (Å²) in [6.45, 7) is 6.24. The highest BCUT2D eigenvalue weighted by Gasteiger charge is 2.15. The first kappa shape index (κ1) is 14.4. The maximum absolute atomic E-state index is 5.94. The topological polar surface area (TPSA) is 38.5 Å². The van der Waals surface area contributed by atoms with Gasteiger partial charge >= 0.3 is 0 Å². The van der Waals surface area contributed by atoms with E-state index in [1.54, 1.807) is 0 Å². The van der Waals surface area contributed by atoms with Gasteiger partial charge in [-0.3, -0.25) is 4.90 Å². The van der Waals surface area contributed by atoms with Crippen LogP contribution in [-0.4, -0.2) is 30.6 Å². The Morgan fingerprint density at radius 3 is 2.84 bits per heavy atom. The van der Waals surface area contributed by atoms with E-state index < -0.39 is 0 Å². The number of benzene rings is 1. The average molecular weight is 262 g/mol. The van der Waals surface area contributed by atoms with Crippen molar-refractivity contribution >= 4 is 0 Å². The number of piperidine rings is 1. The van der Waals surface area contributed by atoms with Gasteiger partial charge in [0, 0.05) is 12.6 Å². The summed E-state index contributed by atoms with van der Waals surface area (Å²) in [6, 6.07) is 8.89. The molecule has 0 aromatic heterocycles. The van der Waals surface area contributed by atoms with Gasteiger partial charge in [0.2, 0.25) is 0 Å². The predicted octanol–water partition coefficient (Wildman–Crippen LogP) is 2.79. The number of ether oxygens (including phenoxy) is 1. The van der Waals surface area contributed by atoms with E-state index in [4.69, 9.17) is 10.5 Å². The van der Waals surface area contributed by atoms with Gasteiger partial charge in [-0.05, 0) is 50.0 Å². The third-order valence-electron chi connectivity index (χ3n) is 3.70. The molecule has 0 amide bonds. The van der Waals surface area contributed by atoms with Gasteiger partial charge in [-0.2, -0.15) is 0 Å². The van der Waals surface area contributed by atoms with Crippen molar-refractivity contribution in [1.29, 1.82) is 0 Å². The van der Waals surface area contributed by atoms with Crippen LogP contribution in [0.15, 0.2) is 24.3 Å². The maximum Gasteiger partial charge on any atom is 0.119 e. The summed E-state index contributed by atoms with van der Waals surface area (Å²) in [4.78, 5) is 2.48. The number of nitrogens with two attached hydrogens (primary N) is 1. The van der Waals surface area contributed by atoms with Crippen LogP contribution in [0, 0.1) is 0 Å². The van der Waals surface area contributed by atoms with E-state index in [9.17, 15) is 0 Å². The fourth-order valence-electron chi connectivity index (χ4n) is 2.44. The molecule has 1 aromatic carbocycles. The Labute approximate surface area is 116 Å². The van der Waals surface area contributed by atoms with Crippen molar-refractivity contribution in [2.45, 2.75) is 45.2 Å². The van der Waals surface area contributed by atoms with Crippen LogP contribution in [0.2, 0.25) is 0 Å². The van der Waals surface area contributed by atoms with Gasteiger partial charge in [0.1, 0.15) is 5.75 Å². The highest BCUT2D eigenvalue weighted by Crippen LogP contribution is 2.17. The number of rotatable bonds is 6. The number of hydrogen-bond donors (Lipinski definition) is 1. The smallest absolute Gasteiger partial charge is 0.119 e. The van der Waals surface area contributed by atoms with Crippen molar-refractivity contribution < 1.29 is 4.74 Å². The summed E-state index contributed by atoms with van der Waals surface area (Å²) in [6.07, 6.45) is 4.53. The lowest BCUT2D eigenvalue weighted by Gasteiger charge is -2.30. The Morgan fingerprint density at radius 2 is 2.11 bits per heavy atom. The lowest BCUT2D eigenvalue weighted by molar-refractivity contribution is 0.205. The third-order valence-corrected chi connectivity index (χ3v) is 3.70. The lowest BCUT2D eigenvalue weighted by Crippen LogP contribution is -2.39. The Balaban J connectivity index is 1.84. The van der Waals surface area contributed by atoms with Crippen molar-refractivity contribution in [2.75, 3.05) is 19.7 Å². The van der Waals surface area contributed by atoms with Crippen LogP contribution < -0.4 is 10.5 Å². The Kier molecular flexibility index (Phi) is 5.67. The van der Waals surface area contributed by atoms with E-state index in [1.807, 2.05) is 6.07 Å². The van der Waals surface area contributed by atoms with Gasteiger partial charge in [0.25, 0.3) is 0 Å². The van der Waals surface area contributed by atoms with E-state index in [0.29, 0.717) is 6.04 Å². The standard InChI is InChI=1S/C16H26N2O/c1-2-3-11-19-16-6-4-5-14(12-16)13-18-9-7-15(17)8-10-18/h4-6,12,15H,2-3,7-11,13,17H2,1H3. The molecule has 1 aliphatic heterocycles. The summed E-state index contributed by atoms with van der Waals surface area (Å²) in [7, 11) is 0. The molecular weight excluding hydrogens is 236 g/mol. The van der Waals surface area contributed by atoms with Crippen LogP contribution >= 0.6 is 0 Å². The van der Waals surface area contributed by atoms with E-state index in [-0.39, 0.29) is 0 Å². The van der Waals surface area contributed by atoms with Crippen molar-refractivity contribution in [3.8, 4) is 5.75 Å². The maximum atomic E-state index is 5.94. The van der Waals surface area contributed by atoms with Crippen LogP contribution in [0.1, 0.15) is 38.2 Å². The first-order valence-electron chi connectivity index (χ1n) is 7.47. The molecule has 0 radical (unpaired) electrons. The quantitative estimate of drug-likeness (QED) is 0.801. The van der Waals surface area contributed by atoms with Crippen LogP contribution in [0.5, 0.6) is 5.75 Å². The van der Waals surface area contributed by atoms with Crippen molar-refractivity contribution in [1.82, 2.24) is 4.90 Å². The zero-order valence-corrected chi connectivity index (χ0v) is 12.0. The molecule has 106 valence electrons. The SMILES string of the molecule is CCCCOc1cccc(CN2CCC(N)CC2)c1. The summed E-state index contributed by atoms with van der Waals surface area (Å²) < 4.78 is 5.75. The van der Waals surface area contributed by atoms with Crippen LogP contribution in [0.4, 0.5) is 0 Å². The van der Waals surface area contributed by atoms with Crippen molar-refractivity contribution in [3.63, 3.8) is 0 Å². The zero-order valence-electron chi connectivity index (χ0n) is 12.0. The van der Waals surface area contributed by atoms with Gasteiger partial charge in [0.15, 0.2) is 0 Å². The summed E-state index contributed by atoms with van der Waals surface area (Å²) in [5.41, 5.74) is 7.27. The largest absolute Gasteiger partial charge is 0.494 e. The minimum atomic E-state index is 0.403. The highest BCUT2D eigenvalue weighted by atomic mass is 16.5. The molecule has 2 rings (SSSR count). The lowest BCUT2D eigenvalue weighted by atomic mass is 10.1. The van der Waals surface area contributed by atoms with Crippen LogP contribution in [-0.2, 0) is 6.54 Å². The zero-order chi connectivity index (χ0) is 13.5. The Hall–Kier alpha value is -1.06. The molecule has 1 aliphatic rings. The fourth-order valence-corrected chi connectivity index (χ4v) is 2.44. The minimum Gasteiger partial charge on any atom is -0.494 e. The second-order valence-corrected chi connectivity index (χ2v) is 5.46. The molecule has 1 saturated heterocycles. The molecule has 1 aromatic rings. The van der Waals surface area contributed by atoms with E-state index >= 15 is 0 Å². The summed E-state index contributed by atoms with van der Waals surface area (Å²) >= 11 is 0. The summed E-state index contributed by atoms with van der Waals surface area (Å²) in [5.74, 6) is 1.000. The van der Waals surface area contributed by atoms with Gasteiger partial charge in [-0.1, -0.05) is 25.5 Å². The Bertz CT molecular complexity index is 373. The Morgan fingerprint density at radius 1 is 1.32 bits per heavy atom. The van der Waals surface area contributed by atoms with Gasteiger partial charge in [-0.15, -0.1) is 0 Å². The molecule has 0 atom stereocenters. The molecule has 0 saturated carbocycles. The van der Waals surface area contributed by atoms with Crippen molar-refractivity contribution in [3.05, 3.63) is 29.8 Å². The molecule has 0 aliphatic carbocycles. The first-order valence-corrected chi connectivity index (χ1v) is 7.47. The molecule has 19 heavy (non-hydrogen) atoms. The minimum absolute atomic E-state index is 0.403. The molecular formula is C16H26N2O. The second-order valence-electron chi connectivity index (χ2n) is 5.46. The second kappa shape index (κ2) is 7.51. The normalized spacial score (nSPS) is 17.6. The van der Waals surface area contributed by atoms with Gasteiger partial charge in [-0.25, -0.2) is 0 Å². The molecule has 3 nitrogen and oxygen atoms in total. The first-order chi connectivity index (χ1) is 9.28. The van der Waals surface area contributed by atoms with Gasteiger partial charge < -0.3 is 10.5 Å². The highest BCUT2D eigenvalue weighted by molar-refractivity contribution is 5.28. The van der Waals surface area contributed by atoms with Crippen LogP contribution in [0.3, 0.4) is 0 Å². The van der Waals surface area contributed by atoms with Crippen molar-refractivity contribution in [2.24, 2.45) is 5.73 Å². The van der Waals surface area contributed by atoms with Crippen LogP contribution in [0.25, 0.3) is 0 Å². The van der Waals surface area contributed by atoms with E-state index in [0.717, 1.165) is 51.3 Å². The van der Waals surface area contributed by atoms with E-state index in [2.05, 4.69) is 30.0 Å².